The Balaban J connectivity index is 2.25. The lowest BCUT2D eigenvalue weighted by atomic mass is 9.96. The van der Waals surface area contributed by atoms with Crippen molar-refractivity contribution in [3.8, 4) is 0 Å². The third kappa shape index (κ3) is 3.51. The number of halogens is 2. The lowest BCUT2D eigenvalue weighted by molar-refractivity contribution is 0.717. The van der Waals surface area contributed by atoms with Crippen LogP contribution in [0.3, 0.4) is 0 Å². The summed E-state index contributed by atoms with van der Waals surface area (Å²) in [5.41, 5.74) is 12.7. The smallest absolute Gasteiger partial charge is 0.0347 e. The lowest BCUT2D eigenvalue weighted by Crippen LogP contribution is -2.14. The molecule has 1 atom stereocenters. The molecule has 0 aliphatic rings. The van der Waals surface area contributed by atoms with Crippen LogP contribution in [0.15, 0.2) is 39.3 Å². The molecule has 0 bridgehead atoms. The molecule has 106 valence electrons. The van der Waals surface area contributed by atoms with Crippen LogP contribution in [0.25, 0.3) is 0 Å². The summed E-state index contributed by atoms with van der Waals surface area (Å²) in [6.07, 6.45) is 0.842. The van der Waals surface area contributed by atoms with Crippen molar-refractivity contribution in [3.05, 3.63) is 67.1 Å². The molecule has 0 saturated carbocycles. The quantitative estimate of drug-likeness (QED) is 0.740. The molecule has 20 heavy (non-hydrogen) atoms. The number of aryl methyl sites for hydroxylation is 3. The summed E-state index contributed by atoms with van der Waals surface area (Å²) >= 11 is 7.20. The zero-order valence-corrected chi connectivity index (χ0v) is 15.2. The van der Waals surface area contributed by atoms with Gasteiger partial charge in [-0.15, -0.1) is 0 Å². The first-order valence-electron chi connectivity index (χ1n) is 6.65. The lowest BCUT2D eigenvalue weighted by Gasteiger charge is -2.16. The van der Waals surface area contributed by atoms with Crippen molar-refractivity contribution in [1.82, 2.24) is 0 Å². The number of rotatable bonds is 3. The summed E-state index contributed by atoms with van der Waals surface area (Å²) in [6.45, 7) is 6.35. The van der Waals surface area contributed by atoms with E-state index in [2.05, 4.69) is 83.0 Å². The van der Waals surface area contributed by atoms with Gasteiger partial charge < -0.3 is 5.73 Å². The molecule has 2 rings (SSSR count). The zero-order valence-electron chi connectivity index (χ0n) is 12.0. The van der Waals surface area contributed by atoms with Gasteiger partial charge in [0.2, 0.25) is 0 Å². The third-order valence-corrected chi connectivity index (χ3v) is 5.25. The minimum absolute atomic E-state index is 0.0108. The Morgan fingerprint density at radius 1 is 0.900 bits per heavy atom. The van der Waals surface area contributed by atoms with Crippen molar-refractivity contribution in [2.75, 3.05) is 0 Å². The van der Waals surface area contributed by atoms with Crippen LogP contribution in [0.1, 0.15) is 33.9 Å². The van der Waals surface area contributed by atoms with E-state index in [4.69, 9.17) is 5.73 Å². The fraction of sp³-hybridized carbons (Fsp3) is 0.294. The van der Waals surface area contributed by atoms with Crippen molar-refractivity contribution in [2.24, 2.45) is 5.73 Å². The van der Waals surface area contributed by atoms with E-state index in [1.165, 1.54) is 22.3 Å². The van der Waals surface area contributed by atoms with Crippen LogP contribution >= 0.6 is 31.9 Å². The van der Waals surface area contributed by atoms with Gasteiger partial charge in [0.1, 0.15) is 0 Å². The molecule has 3 heteroatoms. The summed E-state index contributed by atoms with van der Waals surface area (Å²) in [5, 5.41) is 0. The number of hydrogen-bond acceptors (Lipinski definition) is 1. The molecule has 0 fully saturated rings. The minimum Gasteiger partial charge on any atom is -0.324 e. The van der Waals surface area contributed by atoms with E-state index in [1.54, 1.807) is 0 Å². The number of hydrogen-bond donors (Lipinski definition) is 1. The molecular formula is C17H19Br2N. The maximum atomic E-state index is 6.38. The van der Waals surface area contributed by atoms with E-state index >= 15 is 0 Å². The highest BCUT2D eigenvalue weighted by atomic mass is 79.9. The molecule has 2 N–H and O–H groups in total. The molecule has 0 amide bonds. The monoisotopic (exact) mass is 395 g/mol. The second-order valence-corrected chi connectivity index (χ2v) is 7.06. The van der Waals surface area contributed by atoms with Crippen molar-refractivity contribution < 1.29 is 0 Å². The van der Waals surface area contributed by atoms with E-state index in [0.29, 0.717) is 0 Å². The Morgan fingerprint density at radius 3 is 2.25 bits per heavy atom. The predicted octanol–water partition coefficient (Wildman–Crippen LogP) is 5.38. The number of benzene rings is 2. The SMILES string of the molecule is Cc1ccc(CC(N)c2cc(Br)c(C)cc2Br)cc1C. The standard InChI is InChI=1S/C17H19Br2N/c1-10-4-5-13(6-11(10)2)8-17(20)14-9-15(18)12(3)7-16(14)19/h4-7,9,17H,8,20H2,1-3H3. The third-order valence-electron chi connectivity index (χ3n) is 3.70. The van der Waals surface area contributed by atoms with Gasteiger partial charge in [0.05, 0.1) is 0 Å². The summed E-state index contributed by atoms with van der Waals surface area (Å²) in [7, 11) is 0. The minimum atomic E-state index is -0.0108. The summed E-state index contributed by atoms with van der Waals surface area (Å²) in [5.74, 6) is 0. The Hall–Kier alpha value is -0.640. The van der Waals surface area contributed by atoms with Crippen LogP contribution in [-0.2, 0) is 6.42 Å². The topological polar surface area (TPSA) is 26.0 Å². The molecule has 0 aliphatic carbocycles. The molecule has 2 aromatic rings. The molecule has 0 aromatic heterocycles. The van der Waals surface area contributed by atoms with E-state index in [1.807, 2.05) is 0 Å². The van der Waals surface area contributed by atoms with Crippen molar-refractivity contribution in [2.45, 2.75) is 33.2 Å². The highest BCUT2D eigenvalue weighted by Gasteiger charge is 2.13. The molecule has 0 spiro atoms. The maximum absolute atomic E-state index is 6.38. The second-order valence-electron chi connectivity index (χ2n) is 5.35. The highest BCUT2D eigenvalue weighted by Crippen LogP contribution is 2.30. The van der Waals surface area contributed by atoms with Crippen molar-refractivity contribution >= 4 is 31.9 Å². The average molecular weight is 397 g/mol. The van der Waals surface area contributed by atoms with E-state index in [0.717, 1.165) is 20.9 Å². The van der Waals surface area contributed by atoms with Crippen LogP contribution in [-0.4, -0.2) is 0 Å². The predicted molar refractivity (Wildman–Crippen MR) is 93.1 cm³/mol. The van der Waals surface area contributed by atoms with Gasteiger partial charge in [0.25, 0.3) is 0 Å². The Labute approximate surface area is 137 Å². The van der Waals surface area contributed by atoms with Gasteiger partial charge in [-0.2, -0.15) is 0 Å². The van der Waals surface area contributed by atoms with Gasteiger partial charge in [0.15, 0.2) is 0 Å². The average Bonchev–Trinajstić information content (AvgIpc) is 2.38. The first-order valence-corrected chi connectivity index (χ1v) is 8.24. The molecule has 0 saturated heterocycles. The van der Waals surface area contributed by atoms with Gasteiger partial charge in [-0.1, -0.05) is 50.1 Å². The largest absolute Gasteiger partial charge is 0.324 e. The van der Waals surface area contributed by atoms with Gasteiger partial charge in [0, 0.05) is 15.0 Å². The molecule has 2 aromatic carbocycles. The Morgan fingerprint density at radius 2 is 1.60 bits per heavy atom. The normalized spacial score (nSPS) is 12.5. The maximum Gasteiger partial charge on any atom is 0.0347 e. The van der Waals surface area contributed by atoms with E-state index < -0.39 is 0 Å². The Bertz CT molecular complexity index is 635. The molecule has 0 aliphatic heterocycles. The van der Waals surface area contributed by atoms with Crippen LogP contribution < -0.4 is 5.73 Å². The molecule has 1 nitrogen and oxygen atoms in total. The van der Waals surface area contributed by atoms with Gasteiger partial charge in [-0.25, -0.2) is 0 Å². The van der Waals surface area contributed by atoms with Gasteiger partial charge in [-0.3, -0.25) is 0 Å². The summed E-state index contributed by atoms with van der Waals surface area (Å²) < 4.78 is 2.18. The fourth-order valence-corrected chi connectivity index (χ4v) is 3.35. The molecule has 0 radical (unpaired) electrons. The van der Waals surface area contributed by atoms with Crippen molar-refractivity contribution in [1.29, 1.82) is 0 Å². The zero-order chi connectivity index (χ0) is 14.9. The van der Waals surface area contributed by atoms with Crippen LogP contribution in [0.5, 0.6) is 0 Å². The molecule has 0 heterocycles. The van der Waals surface area contributed by atoms with Crippen molar-refractivity contribution in [3.63, 3.8) is 0 Å². The van der Waals surface area contributed by atoms with Gasteiger partial charge in [-0.05, 0) is 67.1 Å². The molecular weight excluding hydrogens is 378 g/mol. The number of nitrogens with two attached hydrogens (primary N) is 1. The molecule has 1 unspecified atom stereocenters. The fourth-order valence-electron chi connectivity index (χ4n) is 2.24. The van der Waals surface area contributed by atoms with Crippen LogP contribution in [0.4, 0.5) is 0 Å². The Kier molecular flexibility index (Phi) is 5.05. The van der Waals surface area contributed by atoms with E-state index in [-0.39, 0.29) is 6.04 Å². The highest BCUT2D eigenvalue weighted by molar-refractivity contribution is 9.11. The van der Waals surface area contributed by atoms with Crippen LogP contribution in [0, 0.1) is 20.8 Å². The first kappa shape index (κ1) is 15.7. The second kappa shape index (κ2) is 6.42. The van der Waals surface area contributed by atoms with Gasteiger partial charge >= 0.3 is 0 Å². The summed E-state index contributed by atoms with van der Waals surface area (Å²) in [4.78, 5) is 0. The first-order chi connectivity index (χ1) is 9.38. The summed E-state index contributed by atoms with van der Waals surface area (Å²) in [6, 6.07) is 10.8. The van der Waals surface area contributed by atoms with E-state index in [9.17, 15) is 0 Å². The van der Waals surface area contributed by atoms with Crippen LogP contribution in [0.2, 0.25) is 0 Å².